The predicted molar refractivity (Wildman–Crippen MR) is 72.9 cm³/mol. The van der Waals surface area contributed by atoms with Crippen LogP contribution in [0.1, 0.15) is 10.4 Å². The van der Waals surface area contributed by atoms with Gasteiger partial charge < -0.3 is 9.15 Å². The Morgan fingerprint density at radius 1 is 1.23 bits per heavy atom. The van der Waals surface area contributed by atoms with E-state index in [-0.39, 0.29) is 17.0 Å². The Balaban J connectivity index is 1.83. The molecule has 1 aromatic carbocycles. The first-order valence-corrected chi connectivity index (χ1v) is 6.05. The van der Waals surface area contributed by atoms with E-state index in [1.165, 1.54) is 36.8 Å². The summed E-state index contributed by atoms with van der Waals surface area (Å²) in [6, 6.07) is 7.08. The van der Waals surface area contributed by atoms with Crippen molar-refractivity contribution in [3.63, 3.8) is 0 Å². The number of nitrogens with one attached hydrogen (secondary N) is 2. The number of para-hydroxylation sites is 2. The molecule has 2 rings (SSSR count). The minimum absolute atomic E-state index is 0.0381. The maximum atomic E-state index is 11.5. The number of hydrogen-bond acceptors (Lipinski definition) is 6. The number of benzene rings is 1. The zero-order valence-electron chi connectivity index (χ0n) is 11.1. The topological polar surface area (TPSA) is 124 Å². The second-order valence-electron chi connectivity index (χ2n) is 4.03. The molecule has 2 aromatic rings. The maximum absolute atomic E-state index is 11.5. The Morgan fingerprint density at radius 2 is 2.00 bits per heavy atom. The van der Waals surface area contributed by atoms with E-state index in [1.807, 2.05) is 0 Å². The second-order valence-corrected chi connectivity index (χ2v) is 4.03. The van der Waals surface area contributed by atoms with E-state index in [1.54, 1.807) is 6.07 Å². The molecule has 1 heterocycles. The number of furan rings is 1. The number of amides is 2. The van der Waals surface area contributed by atoms with Crippen LogP contribution in [0.15, 0.2) is 47.3 Å². The lowest BCUT2D eigenvalue weighted by molar-refractivity contribution is -0.385. The third-order valence-corrected chi connectivity index (χ3v) is 2.52. The summed E-state index contributed by atoms with van der Waals surface area (Å²) < 4.78 is 9.78. The lowest BCUT2D eigenvalue weighted by Crippen LogP contribution is -2.43. The van der Waals surface area contributed by atoms with Crippen molar-refractivity contribution in [3.05, 3.63) is 58.5 Å². The monoisotopic (exact) mass is 305 g/mol. The largest absolute Gasteiger partial charge is 0.477 e. The van der Waals surface area contributed by atoms with Gasteiger partial charge in [0.05, 0.1) is 16.7 Å². The van der Waals surface area contributed by atoms with Crippen LogP contribution in [0.2, 0.25) is 0 Å². The molecule has 0 atom stereocenters. The molecule has 9 nitrogen and oxygen atoms in total. The predicted octanol–water partition coefficient (Wildman–Crippen LogP) is 1.03. The third-order valence-electron chi connectivity index (χ3n) is 2.52. The van der Waals surface area contributed by atoms with Gasteiger partial charge in [0.15, 0.2) is 12.4 Å². The number of nitro groups is 1. The van der Waals surface area contributed by atoms with Crippen molar-refractivity contribution in [2.45, 2.75) is 0 Å². The average molecular weight is 305 g/mol. The Hall–Kier alpha value is -3.36. The first kappa shape index (κ1) is 15.0. The molecule has 0 saturated heterocycles. The van der Waals surface area contributed by atoms with Crippen LogP contribution in [0.4, 0.5) is 5.69 Å². The highest BCUT2D eigenvalue weighted by Gasteiger charge is 2.15. The molecule has 2 N–H and O–H groups in total. The van der Waals surface area contributed by atoms with E-state index in [2.05, 4.69) is 10.9 Å². The number of nitrogens with zero attached hydrogens (tertiary/aromatic N) is 1. The van der Waals surface area contributed by atoms with E-state index in [0.29, 0.717) is 0 Å². The molecule has 0 aliphatic heterocycles. The Kier molecular flexibility index (Phi) is 4.70. The van der Waals surface area contributed by atoms with Gasteiger partial charge in [-0.1, -0.05) is 12.1 Å². The summed E-state index contributed by atoms with van der Waals surface area (Å²) in [7, 11) is 0. The van der Waals surface area contributed by atoms with Crippen LogP contribution in [0.25, 0.3) is 0 Å². The van der Waals surface area contributed by atoms with E-state index < -0.39 is 23.3 Å². The number of carbonyl (C=O) groups is 2. The summed E-state index contributed by atoms with van der Waals surface area (Å²) in [6.45, 7) is -0.490. The zero-order chi connectivity index (χ0) is 15.9. The number of hydrazine groups is 1. The number of nitro benzene ring substituents is 1. The van der Waals surface area contributed by atoms with Crippen molar-refractivity contribution in [1.82, 2.24) is 10.9 Å². The molecule has 0 aliphatic carbocycles. The van der Waals surface area contributed by atoms with Crippen molar-refractivity contribution in [1.29, 1.82) is 0 Å². The van der Waals surface area contributed by atoms with E-state index >= 15 is 0 Å². The number of carbonyl (C=O) groups excluding carboxylic acids is 2. The Bertz CT molecular complexity index is 683. The smallest absolute Gasteiger partial charge is 0.310 e. The zero-order valence-corrected chi connectivity index (χ0v) is 11.1. The highest BCUT2D eigenvalue weighted by atomic mass is 16.6. The Labute approximate surface area is 124 Å². The van der Waals surface area contributed by atoms with Gasteiger partial charge >= 0.3 is 5.69 Å². The molecular weight excluding hydrogens is 294 g/mol. The fourth-order valence-electron chi connectivity index (χ4n) is 1.50. The summed E-state index contributed by atoms with van der Waals surface area (Å²) in [5, 5.41) is 10.8. The van der Waals surface area contributed by atoms with E-state index in [0.717, 1.165) is 0 Å². The molecule has 2 amide bonds. The minimum atomic E-state index is -0.671. The highest BCUT2D eigenvalue weighted by Crippen LogP contribution is 2.25. The molecule has 22 heavy (non-hydrogen) atoms. The minimum Gasteiger partial charge on any atom is -0.477 e. The van der Waals surface area contributed by atoms with Gasteiger partial charge in [-0.3, -0.25) is 30.6 Å². The molecule has 0 unspecified atom stereocenters. The normalized spacial score (nSPS) is 9.82. The van der Waals surface area contributed by atoms with Gasteiger partial charge in [0, 0.05) is 6.07 Å². The van der Waals surface area contributed by atoms with Crippen LogP contribution >= 0.6 is 0 Å². The number of hydrogen-bond donors (Lipinski definition) is 2. The van der Waals surface area contributed by atoms with Crippen LogP contribution in [-0.2, 0) is 4.79 Å². The summed E-state index contributed by atoms with van der Waals surface area (Å²) in [5.74, 6) is -1.27. The molecule has 0 spiro atoms. The second kappa shape index (κ2) is 6.88. The molecule has 0 bridgehead atoms. The van der Waals surface area contributed by atoms with Crippen LogP contribution < -0.4 is 15.6 Å². The average Bonchev–Trinajstić information content (AvgIpc) is 3.05. The molecule has 0 fully saturated rings. The number of rotatable bonds is 5. The van der Waals surface area contributed by atoms with Gasteiger partial charge in [-0.15, -0.1) is 0 Å². The van der Waals surface area contributed by atoms with Crippen LogP contribution in [-0.4, -0.2) is 23.3 Å². The molecular formula is C13H11N3O6. The molecule has 1 aromatic heterocycles. The standard InChI is InChI=1S/C13H11N3O6/c17-12(14-15-13(18)9-5-6-21-7-9)8-22-11-4-2-1-3-10(11)16(19)20/h1-7H,8H2,(H,14,17)(H,15,18). The molecule has 114 valence electrons. The van der Waals surface area contributed by atoms with Gasteiger partial charge in [0.25, 0.3) is 11.8 Å². The molecule has 0 radical (unpaired) electrons. The van der Waals surface area contributed by atoms with E-state index in [4.69, 9.17) is 9.15 Å². The third kappa shape index (κ3) is 3.82. The van der Waals surface area contributed by atoms with Crippen molar-refractivity contribution in [3.8, 4) is 5.75 Å². The van der Waals surface area contributed by atoms with Gasteiger partial charge in [-0.25, -0.2) is 0 Å². The lowest BCUT2D eigenvalue weighted by Gasteiger charge is -2.08. The van der Waals surface area contributed by atoms with Gasteiger partial charge in [0.1, 0.15) is 6.26 Å². The highest BCUT2D eigenvalue weighted by molar-refractivity contribution is 5.95. The summed E-state index contributed by atoms with van der Waals surface area (Å²) in [4.78, 5) is 33.2. The summed E-state index contributed by atoms with van der Waals surface area (Å²) in [5.41, 5.74) is 4.24. The maximum Gasteiger partial charge on any atom is 0.310 e. The quantitative estimate of drug-likeness (QED) is 0.628. The van der Waals surface area contributed by atoms with E-state index in [9.17, 15) is 19.7 Å². The molecule has 0 aliphatic rings. The van der Waals surface area contributed by atoms with Gasteiger partial charge in [-0.05, 0) is 12.1 Å². The Morgan fingerprint density at radius 3 is 2.68 bits per heavy atom. The van der Waals surface area contributed by atoms with Crippen LogP contribution in [0.5, 0.6) is 5.75 Å². The van der Waals surface area contributed by atoms with Crippen LogP contribution in [0, 0.1) is 10.1 Å². The van der Waals surface area contributed by atoms with Gasteiger partial charge in [0.2, 0.25) is 0 Å². The SMILES string of the molecule is O=C(COc1ccccc1[N+](=O)[O-])NNC(=O)c1ccoc1. The summed E-state index contributed by atoms with van der Waals surface area (Å²) in [6.07, 6.45) is 2.53. The van der Waals surface area contributed by atoms with Crippen molar-refractivity contribution in [2.75, 3.05) is 6.61 Å². The van der Waals surface area contributed by atoms with Crippen molar-refractivity contribution >= 4 is 17.5 Å². The summed E-state index contributed by atoms with van der Waals surface area (Å²) >= 11 is 0. The molecule has 9 heteroatoms. The van der Waals surface area contributed by atoms with Crippen molar-refractivity contribution < 1.29 is 23.7 Å². The fraction of sp³-hybridized carbons (Fsp3) is 0.0769. The first-order valence-electron chi connectivity index (χ1n) is 6.05. The van der Waals surface area contributed by atoms with Crippen LogP contribution in [0.3, 0.4) is 0 Å². The molecule has 0 saturated carbocycles. The lowest BCUT2D eigenvalue weighted by atomic mass is 10.3. The fourth-order valence-corrected chi connectivity index (χ4v) is 1.50. The number of ether oxygens (including phenoxy) is 1. The first-order chi connectivity index (χ1) is 10.6. The van der Waals surface area contributed by atoms with Gasteiger partial charge in [-0.2, -0.15) is 0 Å². The van der Waals surface area contributed by atoms with Crippen molar-refractivity contribution in [2.24, 2.45) is 0 Å².